The van der Waals surface area contributed by atoms with Gasteiger partial charge in [-0.05, 0) is 24.3 Å². The molecule has 1 aliphatic heterocycles. The predicted octanol–water partition coefficient (Wildman–Crippen LogP) is 3.04. The van der Waals surface area contributed by atoms with E-state index in [0.29, 0.717) is 31.7 Å². The van der Waals surface area contributed by atoms with Gasteiger partial charge in [0.25, 0.3) is 5.91 Å². The van der Waals surface area contributed by atoms with E-state index in [0.717, 1.165) is 33.8 Å². The van der Waals surface area contributed by atoms with Gasteiger partial charge in [-0.15, -0.1) is 11.3 Å². The van der Waals surface area contributed by atoms with Crippen molar-refractivity contribution in [1.29, 1.82) is 0 Å². The minimum Gasteiger partial charge on any atom is -0.342 e. The Kier molecular flexibility index (Phi) is 4.76. The molecule has 0 N–H and O–H groups in total. The number of amides is 2. The van der Waals surface area contributed by atoms with Crippen LogP contribution < -0.4 is 0 Å². The van der Waals surface area contributed by atoms with E-state index in [9.17, 15) is 9.59 Å². The summed E-state index contributed by atoms with van der Waals surface area (Å²) >= 11 is 1.56. The van der Waals surface area contributed by atoms with Crippen molar-refractivity contribution in [2.45, 2.75) is 0 Å². The van der Waals surface area contributed by atoms with Gasteiger partial charge in [0.15, 0.2) is 0 Å². The molecule has 0 spiro atoms. The molecule has 3 aromatic heterocycles. The third-order valence-corrected chi connectivity index (χ3v) is 6.19. The molecular formula is C22H19N5O2S. The molecule has 4 aromatic rings. The average Bonchev–Trinajstić information content (AvgIpc) is 3.46. The summed E-state index contributed by atoms with van der Waals surface area (Å²) in [4.78, 5) is 32.1. The van der Waals surface area contributed by atoms with E-state index in [4.69, 9.17) is 4.98 Å². The molecule has 1 saturated heterocycles. The smallest absolute Gasteiger partial charge is 0.253 e. The van der Waals surface area contributed by atoms with Gasteiger partial charge >= 0.3 is 0 Å². The number of hydrogen-bond donors (Lipinski definition) is 0. The van der Waals surface area contributed by atoms with E-state index < -0.39 is 0 Å². The lowest BCUT2D eigenvalue weighted by Gasteiger charge is -2.32. The molecule has 5 rings (SSSR count). The number of fused-ring (bicyclic) bond motifs is 1. The number of carbonyl (C=O) groups is 2. The third kappa shape index (κ3) is 3.35. The molecule has 150 valence electrons. The van der Waals surface area contributed by atoms with E-state index in [1.54, 1.807) is 21.1 Å². The fourth-order valence-electron chi connectivity index (χ4n) is 3.65. The zero-order chi connectivity index (χ0) is 20.5. The predicted molar refractivity (Wildman–Crippen MR) is 115 cm³/mol. The van der Waals surface area contributed by atoms with Gasteiger partial charge < -0.3 is 9.80 Å². The fraction of sp³-hybridized carbons (Fsp3) is 0.182. The Balaban J connectivity index is 1.40. The molecule has 2 amide bonds. The van der Waals surface area contributed by atoms with Gasteiger partial charge in [0, 0.05) is 48.9 Å². The largest absolute Gasteiger partial charge is 0.342 e. The van der Waals surface area contributed by atoms with Gasteiger partial charge in [-0.25, -0.2) is 9.50 Å². The van der Waals surface area contributed by atoms with Gasteiger partial charge in [-0.2, -0.15) is 5.10 Å². The Hall–Kier alpha value is -3.52. The van der Waals surface area contributed by atoms with Crippen LogP contribution in [0.15, 0.2) is 60.2 Å². The second-order valence-electron chi connectivity index (χ2n) is 7.14. The van der Waals surface area contributed by atoms with Crippen LogP contribution in [0.2, 0.25) is 0 Å². The maximum absolute atomic E-state index is 12.9. The first-order valence-electron chi connectivity index (χ1n) is 9.70. The maximum Gasteiger partial charge on any atom is 0.253 e. The van der Waals surface area contributed by atoms with Gasteiger partial charge in [0.1, 0.15) is 5.01 Å². The molecular weight excluding hydrogens is 398 g/mol. The Morgan fingerprint density at radius 2 is 1.93 bits per heavy atom. The monoisotopic (exact) mass is 417 g/mol. The third-order valence-electron chi connectivity index (χ3n) is 5.32. The molecule has 0 unspecified atom stereocenters. The summed E-state index contributed by atoms with van der Waals surface area (Å²) < 4.78 is 1.83. The number of thiazole rings is 1. The van der Waals surface area contributed by atoms with Crippen molar-refractivity contribution in [3.63, 3.8) is 0 Å². The summed E-state index contributed by atoms with van der Waals surface area (Å²) in [6, 6.07) is 13.5. The maximum atomic E-state index is 12.9. The zero-order valence-electron chi connectivity index (χ0n) is 16.1. The van der Waals surface area contributed by atoms with Crippen molar-refractivity contribution >= 4 is 29.2 Å². The van der Waals surface area contributed by atoms with Gasteiger partial charge in [0.2, 0.25) is 6.41 Å². The molecule has 1 aliphatic rings. The molecule has 7 nitrogen and oxygen atoms in total. The van der Waals surface area contributed by atoms with Gasteiger partial charge in [-0.3, -0.25) is 9.59 Å². The van der Waals surface area contributed by atoms with Crippen molar-refractivity contribution in [1.82, 2.24) is 24.4 Å². The van der Waals surface area contributed by atoms with E-state index in [-0.39, 0.29) is 5.91 Å². The molecule has 0 aliphatic carbocycles. The second-order valence-corrected chi connectivity index (χ2v) is 8.00. The van der Waals surface area contributed by atoms with Crippen LogP contribution in [-0.2, 0) is 4.79 Å². The molecule has 4 heterocycles. The van der Waals surface area contributed by atoms with Crippen LogP contribution in [0.3, 0.4) is 0 Å². The highest BCUT2D eigenvalue weighted by Crippen LogP contribution is 2.31. The summed E-state index contributed by atoms with van der Waals surface area (Å²) in [5, 5.41) is 7.29. The van der Waals surface area contributed by atoms with E-state index in [1.165, 1.54) is 0 Å². The van der Waals surface area contributed by atoms with Crippen LogP contribution in [-0.4, -0.2) is 62.9 Å². The quantitative estimate of drug-likeness (QED) is 0.479. The number of pyridine rings is 1. The lowest BCUT2D eigenvalue weighted by molar-refractivity contribution is -0.119. The Bertz CT molecular complexity index is 1220. The highest BCUT2D eigenvalue weighted by Gasteiger charge is 2.22. The number of hydrogen-bond acceptors (Lipinski definition) is 5. The van der Waals surface area contributed by atoms with Crippen molar-refractivity contribution in [2.75, 3.05) is 26.2 Å². The first-order chi connectivity index (χ1) is 14.7. The zero-order valence-corrected chi connectivity index (χ0v) is 17.0. The normalized spacial score (nSPS) is 14.3. The van der Waals surface area contributed by atoms with Crippen molar-refractivity contribution in [3.8, 4) is 21.8 Å². The summed E-state index contributed by atoms with van der Waals surface area (Å²) in [6.07, 6.45) is 4.58. The summed E-state index contributed by atoms with van der Waals surface area (Å²) in [5.74, 6) is -0.0134. The van der Waals surface area contributed by atoms with E-state index in [2.05, 4.69) is 5.10 Å². The lowest BCUT2D eigenvalue weighted by atomic mass is 10.1. The van der Waals surface area contributed by atoms with Crippen molar-refractivity contribution in [3.05, 3.63) is 65.8 Å². The van der Waals surface area contributed by atoms with Crippen molar-refractivity contribution in [2.24, 2.45) is 0 Å². The number of benzene rings is 1. The molecule has 1 aromatic carbocycles. The van der Waals surface area contributed by atoms with Gasteiger partial charge in [-0.1, -0.05) is 18.2 Å². The first-order valence-corrected chi connectivity index (χ1v) is 10.6. The van der Waals surface area contributed by atoms with Crippen LogP contribution in [0.5, 0.6) is 0 Å². The lowest BCUT2D eigenvalue weighted by Crippen LogP contribution is -2.48. The van der Waals surface area contributed by atoms with Crippen LogP contribution in [0, 0.1) is 0 Å². The summed E-state index contributed by atoms with van der Waals surface area (Å²) in [5.41, 5.74) is 4.39. The molecule has 0 bridgehead atoms. The number of nitrogens with zero attached hydrogens (tertiary/aromatic N) is 5. The molecule has 1 fully saturated rings. The number of rotatable bonds is 4. The van der Waals surface area contributed by atoms with E-state index in [1.807, 2.05) is 64.8 Å². The van der Waals surface area contributed by atoms with E-state index >= 15 is 0 Å². The molecule has 0 saturated carbocycles. The van der Waals surface area contributed by atoms with Crippen LogP contribution >= 0.6 is 11.3 Å². The van der Waals surface area contributed by atoms with Crippen LogP contribution in [0.4, 0.5) is 0 Å². The Morgan fingerprint density at radius 3 is 2.77 bits per heavy atom. The average molecular weight is 417 g/mol. The van der Waals surface area contributed by atoms with Gasteiger partial charge in [0.05, 0.1) is 23.0 Å². The topological polar surface area (TPSA) is 70.8 Å². The minimum atomic E-state index is -0.0134. The second kappa shape index (κ2) is 7.72. The highest BCUT2D eigenvalue weighted by molar-refractivity contribution is 7.13. The minimum absolute atomic E-state index is 0.0134. The number of carbonyl (C=O) groups excluding carboxylic acids is 2. The van der Waals surface area contributed by atoms with Crippen LogP contribution in [0.1, 0.15) is 10.4 Å². The Labute approximate surface area is 177 Å². The SMILES string of the molecule is O=CN1CCN(C(=O)c2cccc(-c3csc(-c4cnn5ccccc45)n3)c2)CC1. The molecule has 8 heteroatoms. The first kappa shape index (κ1) is 18.5. The molecule has 0 atom stereocenters. The summed E-state index contributed by atoms with van der Waals surface area (Å²) in [6.45, 7) is 2.25. The molecule has 0 radical (unpaired) electrons. The standard InChI is InChI=1S/C22H19N5O2S/c28-15-25-8-10-26(11-9-25)22(29)17-5-3-4-16(12-17)19-14-30-21(24-19)18-13-23-27-7-2-1-6-20(18)27/h1-7,12-15H,8-11H2. The number of piperazine rings is 1. The Morgan fingerprint density at radius 1 is 1.07 bits per heavy atom. The number of aromatic nitrogens is 3. The highest BCUT2D eigenvalue weighted by atomic mass is 32.1. The molecule has 30 heavy (non-hydrogen) atoms. The van der Waals surface area contributed by atoms with Crippen LogP contribution in [0.25, 0.3) is 27.3 Å². The van der Waals surface area contributed by atoms with Crippen molar-refractivity contribution < 1.29 is 9.59 Å². The summed E-state index contributed by atoms with van der Waals surface area (Å²) in [7, 11) is 0. The fourth-order valence-corrected chi connectivity index (χ4v) is 4.50.